The number of esters is 1. The zero-order valence-electron chi connectivity index (χ0n) is 16.1. The predicted octanol–water partition coefficient (Wildman–Crippen LogP) is 4.36. The van der Waals surface area contributed by atoms with Crippen molar-refractivity contribution in [2.45, 2.75) is 26.5 Å². The molecule has 2 aromatic carbocycles. The van der Waals surface area contributed by atoms with Crippen molar-refractivity contribution < 1.29 is 19.2 Å². The number of carbonyl (C=O) groups excluding carboxylic acids is 2. The first kappa shape index (κ1) is 21.7. The van der Waals surface area contributed by atoms with E-state index in [1.807, 2.05) is 24.3 Å². The number of aromatic nitrogens is 1. The van der Waals surface area contributed by atoms with E-state index >= 15 is 0 Å². The van der Waals surface area contributed by atoms with E-state index in [4.69, 9.17) is 16.3 Å². The molecule has 1 amide bonds. The van der Waals surface area contributed by atoms with E-state index in [-0.39, 0.29) is 28.8 Å². The third kappa shape index (κ3) is 4.92. The highest BCUT2D eigenvalue weighted by Crippen LogP contribution is 2.25. The molecule has 0 aliphatic carbocycles. The van der Waals surface area contributed by atoms with Crippen LogP contribution in [-0.4, -0.2) is 27.8 Å². The van der Waals surface area contributed by atoms with Crippen LogP contribution in [0.25, 0.3) is 10.2 Å². The fourth-order valence-electron chi connectivity index (χ4n) is 2.72. The molecule has 1 aromatic heterocycles. The number of thiazole rings is 1. The Bertz CT molecular complexity index is 1080. The molecule has 0 fully saturated rings. The van der Waals surface area contributed by atoms with Gasteiger partial charge in [0.1, 0.15) is 22.7 Å². The van der Waals surface area contributed by atoms with E-state index in [1.165, 1.54) is 23.5 Å². The van der Waals surface area contributed by atoms with Gasteiger partial charge in [-0.3, -0.25) is 14.9 Å². The topological polar surface area (TPSA) is 111 Å². The van der Waals surface area contributed by atoms with E-state index < -0.39 is 22.8 Å². The molecule has 1 atom stereocenters. The molecule has 0 bridgehead atoms. The molecule has 8 nitrogen and oxygen atoms in total. The lowest BCUT2D eigenvalue weighted by Gasteiger charge is -2.20. The summed E-state index contributed by atoms with van der Waals surface area (Å²) in [7, 11) is 0. The summed E-state index contributed by atoms with van der Waals surface area (Å²) in [5.74, 6) is -1.51. The van der Waals surface area contributed by atoms with Gasteiger partial charge in [0, 0.05) is 11.6 Å². The maximum Gasteiger partial charge on any atom is 0.329 e. The van der Waals surface area contributed by atoms with Crippen molar-refractivity contribution in [3.8, 4) is 0 Å². The van der Waals surface area contributed by atoms with E-state index in [0.29, 0.717) is 5.01 Å². The number of carbonyl (C=O) groups is 2. The molecule has 0 saturated heterocycles. The quantitative estimate of drug-likeness (QED) is 0.327. The second-order valence-electron chi connectivity index (χ2n) is 6.80. The molecular weight excluding hydrogens is 430 g/mol. The second-order valence-corrected chi connectivity index (χ2v) is 8.32. The maximum absolute atomic E-state index is 12.6. The van der Waals surface area contributed by atoms with Crippen LogP contribution in [0.1, 0.15) is 29.2 Å². The van der Waals surface area contributed by atoms with Crippen LogP contribution >= 0.6 is 22.9 Å². The summed E-state index contributed by atoms with van der Waals surface area (Å²) in [4.78, 5) is 39.9. The van der Waals surface area contributed by atoms with Gasteiger partial charge >= 0.3 is 5.97 Å². The molecule has 3 aromatic rings. The van der Waals surface area contributed by atoms with E-state index in [1.54, 1.807) is 13.8 Å². The Balaban J connectivity index is 1.68. The van der Waals surface area contributed by atoms with Crippen LogP contribution in [0.3, 0.4) is 0 Å². The Morgan fingerprint density at radius 2 is 2.00 bits per heavy atom. The summed E-state index contributed by atoms with van der Waals surface area (Å²) in [5.41, 5.74) is 0.464. The highest BCUT2D eigenvalue weighted by molar-refractivity contribution is 7.18. The fourth-order valence-corrected chi connectivity index (χ4v) is 3.79. The first-order valence-electron chi connectivity index (χ1n) is 9.02. The average Bonchev–Trinajstić information content (AvgIpc) is 3.13. The smallest absolute Gasteiger partial charge is 0.329 e. The Labute approximate surface area is 181 Å². The molecule has 156 valence electrons. The lowest BCUT2D eigenvalue weighted by molar-refractivity contribution is -0.384. The SMILES string of the molecule is CC(C)C(NC(=O)c1ccc(Cl)c([N+](=O)[O-])c1)C(=O)OCc1nc2ccccc2s1. The van der Waals surface area contributed by atoms with Gasteiger partial charge < -0.3 is 10.1 Å². The zero-order chi connectivity index (χ0) is 21.8. The minimum atomic E-state index is -0.929. The van der Waals surface area contributed by atoms with Gasteiger partial charge in [-0.05, 0) is 30.2 Å². The van der Waals surface area contributed by atoms with Crippen LogP contribution in [0.4, 0.5) is 5.69 Å². The van der Waals surface area contributed by atoms with Crippen molar-refractivity contribution in [3.05, 3.63) is 68.2 Å². The number of rotatable bonds is 7. The zero-order valence-corrected chi connectivity index (χ0v) is 17.7. The molecule has 1 heterocycles. The van der Waals surface area contributed by atoms with E-state index in [9.17, 15) is 19.7 Å². The van der Waals surface area contributed by atoms with Gasteiger partial charge in [-0.1, -0.05) is 37.6 Å². The van der Waals surface area contributed by atoms with E-state index in [0.717, 1.165) is 16.3 Å². The maximum atomic E-state index is 12.6. The third-order valence-electron chi connectivity index (χ3n) is 4.29. The van der Waals surface area contributed by atoms with Gasteiger partial charge in [0.2, 0.25) is 0 Å². The molecule has 1 N–H and O–H groups in total. The Hall–Kier alpha value is -3.04. The first-order chi connectivity index (χ1) is 14.3. The van der Waals surface area contributed by atoms with Crippen LogP contribution in [-0.2, 0) is 16.1 Å². The summed E-state index contributed by atoms with van der Waals surface area (Å²) in [6, 6.07) is 10.4. The molecular formula is C20H18ClN3O5S. The van der Waals surface area contributed by atoms with Crippen LogP contribution in [0.2, 0.25) is 5.02 Å². The molecule has 0 spiro atoms. The number of nitro groups is 1. The third-order valence-corrected chi connectivity index (χ3v) is 5.62. The minimum absolute atomic E-state index is 0.0102. The molecule has 30 heavy (non-hydrogen) atoms. The summed E-state index contributed by atoms with van der Waals surface area (Å²) < 4.78 is 6.35. The van der Waals surface area contributed by atoms with Crippen LogP contribution in [0, 0.1) is 16.0 Å². The summed E-state index contributed by atoms with van der Waals surface area (Å²) in [5, 5.41) is 14.2. The number of para-hydroxylation sites is 1. The first-order valence-corrected chi connectivity index (χ1v) is 10.2. The van der Waals surface area contributed by atoms with Crippen molar-refractivity contribution in [2.75, 3.05) is 0 Å². The van der Waals surface area contributed by atoms with Gasteiger partial charge in [0.25, 0.3) is 11.6 Å². The normalized spacial score (nSPS) is 12.0. The number of amides is 1. The summed E-state index contributed by atoms with van der Waals surface area (Å²) in [6.07, 6.45) is 0. The number of nitrogens with zero attached hydrogens (tertiary/aromatic N) is 2. The van der Waals surface area contributed by atoms with Crippen molar-refractivity contribution in [1.82, 2.24) is 10.3 Å². The van der Waals surface area contributed by atoms with Crippen molar-refractivity contribution >= 4 is 50.7 Å². The molecule has 10 heteroatoms. The monoisotopic (exact) mass is 447 g/mol. The van der Waals surface area contributed by atoms with Gasteiger partial charge in [-0.25, -0.2) is 9.78 Å². The van der Waals surface area contributed by atoms with Crippen LogP contribution in [0.15, 0.2) is 42.5 Å². The second kappa shape index (κ2) is 9.19. The number of fused-ring (bicyclic) bond motifs is 1. The number of halogens is 1. The van der Waals surface area contributed by atoms with Gasteiger partial charge in [-0.15, -0.1) is 11.3 Å². The average molecular weight is 448 g/mol. The molecule has 1 unspecified atom stereocenters. The molecule has 0 aliphatic heterocycles. The van der Waals surface area contributed by atoms with Crippen molar-refractivity contribution in [3.63, 3.8) is 0 Å². The number of benzene rings is 2. The number of ether oxygens (including phenoxy) is 1. The predicted molar refractivity (Wildman–Crippen MR) is 114 cm³/mol. The highest BCUT2D eigenvalue weighted by Gasteiger charge is 2.27. The molecule has 0 radical (unpaired) electrons. The van der Waals surface area contributed by atoms with Gasteiger partial charge in [-0.2, -0.15) is 0 Å². The lowest BCUT2D eigenvalue weighted by Crippen LogP contribution is -2.45. The van der Waals surface area contributed by atoms with Gasteiger partial charge in [0.15, 0.2) is 0 Å². The number of hydrogen-bond donors (Lipinski definition) is 1. The van der Waals surface area contributed by atoms with Crippen LogP contribution in [0.5, 0.6) is 0 Å². The Morgan fingerprint density at radius 3 is 2.67 bits per heavy atom. The standard InChI is InChI=1S/C20H18ClN3O5S/c1-11(2)18(23-19(25)12-7-8-13(21)15(9-12)24(27)28)20(26)29-10-17-22-14-5-3-4-6-16(14)30-17/h3-9,11,18H,10H2,1-2H3,(H,23,25). The molecule has 0 aliphatic rings. The molecule has 0 saturated carbocycles. The summed E-state index contributed by atoms with van der Waals surface area (Å²) in [6.45, 7) is 3.51. The fraction of sp³-hybridized carbons (Fsp3) is 0.250. The largest absolute Gasteiger partial charge is 0.457 e. The number of nitrogens with one attached hydrogen (secondary N) is 1. The number of nitro benzene ring substituents is 1. The van der Waals surface area contributed by atoms with Crippen LogP contribution < -0.4 is 5.32 Å². The number of hydrogen-bond acceptors (Lipinski definition) is 7. The highest BCUT2D eigenvalue weighted by atomic mass is 35.5. The van der Waals surface area contributed by atoms with E-state index in [2.05, 4.69) is 10.3 Å². The Morgan fingerprint density at radius 1 is 1.27 bits per heavy atom. The van der Waals surface area contributed by atoms with Crippen molar-refractivity contribution in [1.29, 1.82) is 0 Å². The summed E-state index contributed by atoms with van der Waals surface area (Å²) >= 11 is 7.20. The van der Waals surface area contributed by atoms with Crippen molar-refractivity contribution in [2.24, 2.45) is 5.92 Å². The lowest BCUT2D eigenvalue weighted by atomic mass is 10.0. The Kier molecular flexibility index (Phi) is 6.63. The van der Waals surface area contributed by atoms with Gasteiger partial charge in [0.05, 0.1) is 15.1 Å². The molecule has 3 rings (SSSR count). The minimum Gasteiger partial charge on any atom is -0.457 e.